The number of hydrogen-bond acceptors (Lipinski definition) is 16. The van der Waals surface area contributed by atoms with Crippen molar-refractivity contribution in [2.45, 2.75) is 367 Å². The average Bonchev–Trinajstić information content (AvgIpc) is 1.67. The van der Waals surface area contributed by atoms with Gasteiger partial charge in [0, 0.05) is 80.7 Å². The van der Waals surface area contributed by atoms with Crippen molar-refractivity contribution < 1.29 is 38.5 Å². The van der Waals surface area contributed by atoms with Crippen LogP contribution >= 0.6 is 0 Å². The van der Waals surface area contributed by atoms with E-state index in [9.17, 15) is 19.2 Å². The fourth-order valence-corrected chi connectivity index (χ4v) is 16.8. The first-order chi connectivity index (χ1) is 62.4. The summed E-state index contributed by atoms with van der Waals surface area (Å²) in [6, 6.07) is 41.6. The maximum atomic E-state index is 12.5. The van der Waals surface area contributed by atoms with Crippen LogP contribution in [0.3, 0.4) is 0 Å². The lowest BCUT2D eigenvalue weighted by molar-refractivity contribution is -0.137. The zero-order valence-electron chi connectivity index (χ0n) is 82.2. The van der Waals surface area contributed by atoms with Crippen molar-refractivity contribution in [2.75, 3.05) is 72.0 Å². The van der Waals surface area contributed by atoms with Crippen molar-refractivity contribution in [2.24, 2.45) is 32.5 Å². The van der Waals surface area contributed by atoms with Crippen LogP contribution in [0.25, 0.3) is 24.3 Å². The Labute approximate surface area is 775 Å². The van der Waals surface area contributed by atoms with Gasteiger partial charge in [0.05, 0.1) is 39.4 Å². The fourth-order valence-electron chi connectivity index (χ4n) is 16.8. The third kappa shape index (κ3) is 41.7. The fraction of sp³-hybridized carbons (Fsp3) is 0.589. The molecule has 5 aromatic rings. The predicted molar refractivity (Wildman–Crippen MR) is 546 cm³/mol. The van der Waals surface area contributed by atoms with Crippen molar-refractivity contribution in [3.63, 3.8) is 0 Å². The van der Waals surface area contributed by atoms with Gasteiger partial charge in [0.1, 0.15) is 5.71 Å². The SMILES string of the molecule is CCCCCCCCCCCCN(CCCCCCCCCCCC)c1ccc(C=C2C(=O)ON=C2CC(C)C)c(C)c1.CCCCCCCCCCCCN(CCCCCCCCCCCC)c1ccc(C=C2C(=O)ON=C2c2ccccc2)cc1.CCN(CC)c1ccc(C=C2C(=O)ON=C2C)cc1.CCN(CC)c1ccc(C=C2C(=O)ON=C2CC(C)C)cc1. The maximum Gasteiger partial charge on any atom is 0.368 e. The molecule has 4 heterocycles. The Morgan fingerprint density at radius 1 is 0.289 bits per heavy atom. The van der Waals surface area contributed by atoms with Crippen LogP contribution in [0.15, 0.2) is 164 Å². The Bertz CT molecular complexity index is 4150. The Kier molecular flexibility index (Phi) is 55.0. The van der Waals surface area contributed by atoms with Crippen molar-refractivity contribution in [1.82, 2.24) is 0 Å². The summed E-state index contributed by atoms with van der Waals surface area (Å²) < 4.78 is 0. The molecule has 9 rings (SSSR count). The molecule has 0 fully saturated rings. The molecule has 4 aliphatic heterocycles. The molecule has 128 heavy (non-hydrogen) atoms. The van der Waals surface area contributed by atoms with E-state index in [0.717, 1.165) is 104 Å². The van der Waals surface area contributed by atoms with E-state index in [-0.39, 0.29) is 17.9 Å². The van der Waals surface area contributed by atoms with E-state index in [4.69, 9.17) is 14.5 Å². The zero-order chi connectivity index (χ0) is 92.1. The van der Waals surface area contributed by atoms with E-state index in [1.807, 2.05) is 72.8 Å². The highest BCUT2D eigenvalue weighted by Crippen LogP contribution is 2.31. The molecule has 0 radical (unpaired) electrons. The van der Waals surface area contributed by atoms with E-state index in [1.54, 1.807) is 13.0 Å². The van der Waals surface area contributed by atoms with Crippen LogP contribution in [0, 0.1) is 18.8 Å². The Hall–Kier alpha value is -9.18. The summed E-state index contributed by atoms with van der Waals surface area (Å²) in [7, 11) is 0. The first kappa shape index (κ1) is 108. The summed E-state index contributed by atoms with van der Waals surface area (Å²) in [5.74, 6) is -0.611. The van der Waals surface area contributed by atoms with Gasteiger partial charge in [-0.3, -0.25) is 0 Å². The number of anilines is 4. The Morgan fingerprint density at radius 3 is 0.898 bits per heavy atom. The number of hydrogen-bond donors (Lipinski definition) is 0. The van der Waals surface area contributed by atoms with Crippen molar-refractivity contribution in [1.29, 1.82) is 0 Å². The molecular weight excluding hydrogens is 1590 g/mol. The average molecular weight is 1750 g/mol. The molecule has 0 aliphatic carbocycles. The topological polar surface area (TPSA) is 168 Å². The van der Waals surface area contributed by atoms with Crippen LogP contribution < -0.4 is 19.6 Å². The van der Waals surface area contributed by atoms with Gasteiger partial charge in [-0.2, -0.15) is 0 Å². The highest BCUT2D eigenvalue weighted by atomic mass is 16.7. The quantitative estimate of drug-likeness (QED) is 0.0206. The molecule has 0 unspecified atom stereocenters. The predicted octanol–water partition coefficient (Wildman–Crippen LogP) is 30.4. The number of carbonyl (C=O) groups is 4. The highest BCUT2D eigenvalue weighted by Gasteiger charge is 2.30. The van der Waals surface area contributed by atoms with Crippen LogP contribution in [0.1, 0.15) is 393 Å². The van der Waals surface area contributed by atoms with Gasteiger partial charge < -0.3 is 38.9 Å². The Balaban J connectivity index is 0.000000278. The molecular formula is C112H168N8O8. The van der Waals surface area contributed by atoms with Crippen molar-refractivity contribution >= 4 is 93.8 Å². The van der Waals surface area contributed by atoms with E-state index in [1.165, 1.54) is 285 Å². The third-order valence-corrected chi connectivity index (χ3v) is 24.6. The lowest BCUT2D eigenvalue weighted by Gasteiger charge is -2.26. The molecule has 0 spiro atoms. The van der Waals surface area contributed by atoms with Crippen LogP contribution in [0.4, 0.5) is 22.7 Å². The standard InChI is InChI=1S/C40H60N2O2.C39H66N2O2.C18H24N2O2.C15H18N2O2/c1-3-5-7-9-11-13-15-17-19-24-32-42(33-25-20-18-16-14-12-10-8-6-4-2)37-30-28-35(29-31-37)34-38-39(41-44-40(38)43)36-26-22-21-23-27-36;1-6-8-10-12-14-16-18-20-22-24-28-41(29-25-23-21-19-17-15-13-11-9-7-2)36-27-26-35(34(5)31-36)32-37-38(30-33(3)4)40-43-39(37)42;1-5-20(6-2)15-9-7-14(8-10-15)12-16-17(11-13(3)4)19-22-18(16)21;1-4-17(5-2)13-8-6-12(7-9-13)10-14-11(3)16-19-15(14)18/h21-23,26-31,34H,3-20,24-25,32-33H2,1-2H3;26-27,31-33H,6-25,28-30H2,1-5H3;7-10,12-13H,5-6,11H2,1-4H3;6-10H,4-5H2,1-3H3. The van der Waals surface area contributed by atoms with E-state index in [0.29, 0.717) is 45.6 Å². The van der Waals surface area contributed by atoms with Gasteiger partial charge in [-0.05, 0) is 193 Å². The van der Waals surface area contributed by atoms with Gasteiger partial charge in [-0.15, -0.1) is 0 Å². The highest BCUT2D eigenvalue weighted by molar-refractivity contribution is 6.31. The number of benzene rings is 5. The Morgan fingerprint density at radius 2 is 0.570 bits per heavy atom. The number of nitrogens with zero attached hydrogens (tertiary/aromatic N) is 8. The number of aryl methyl sites for hydroxylation is 1. The molecule has 16 nitrogen and oxygen atoms in total. The van der Waals surface area contributed by atoms with Gasteiger partial charge >= 0.3 is 23.9 Å². The van der Waals surface area contributed by atoms with Gasteiger partial charge in [-0.1, -0.05) is 380 Å². The van der Waals surface area contributed by atoms with Crippen LogP contribution in [-0.4, -0.2) is 99.1 Å². The summed E-state index contributed by atoms with van der Waals surface area (Å²) in [5.41, 5.74) is 16.0. The van der Waals surface area contributed by atoms with E-state index in [2.05, 4.69) is 202 Å². The van der Waals surface area contributed by atoms with E-state index < -0.39 is 5.97 Å². The minimum Gasteiger partial charge on any atom is -0.372 e. The lowest BCUT2D eigenvalue weighted by atomic mass is 9.97. The van der Waals surface area contributed by atoms with Crippen LogP contribution in [0.5, 0.6) is 0 Å². The number of rotatable bonds is 61. The normalized spacial score (nSPS) is 14.7. The van der Waals surface area contributed by atoms with Gasteiger partial charge in [0.15, 0.2) is 0 Å². The van der Waals surface area contributed by atoms with Gasteiger partial charge in [0.25, 0.3) is 0 Å². The second kappa shape index (κ2) is 65.4. The molecule has 5 aromatic carbocycles. The third-order valence-electron chi connectivity index (χ3n) is 24.6. The number of carbonyl (C=O) groups excluding carboxylic acids is 4. The maximum absolute atomic E-state index is 12.5. The molecule has 0 N–H and O–H groups in total. The molecule has 0 saturated heterocycles. The monoisotopic (exact) mass is 1750 g/mol. The minimum absolute atomic E-state index is 0.331. The minimum atomic E-state index is -0.392. The summed E-state index contributed by atoms with van der Waals surface area (Å²) in [4.78, 5) is 77.4. The first-order valence-corrected chi connectivity index (χ1v) is 50.8. The smallest absolute Gasteiger partial charge is 0.368 e. The zero-order valence-corrected chi connectivity index (χ0v) is 82.2. The van der Waals surface area contributed by atoms with Crippen molar-refractivity contribution in [3.05, 3.63) is 177 Å². The summed E-state index contributed by atoms with van der Waals surface area (Å²) in [6.07, 6.45) is 63.8. The summed E-state index contributed by atoms with van der Waals surface area (Å²) in [5, 5.41) is 15.7. The molecule has 0 saturated carbocycles. The van der Waals surface area contributed by atoms with Crippen molar-refractivity contribution in [3.8, 4) is 0 Å². The second-order valence-electron chi connectivity index (χ2n) is 36.4. The number of unbranched alkanes of at least 4 members (excludes halogenated alkanes) is 36. The molecule has 16 heteroatoms. The summed E-state index contributed by atoms with van der Waals surface area (Å²) >= 11 is 0. The molecule has 0 bridgehead atoms. The number of oxime groups is 4. The molecule has 0 atom stereocenters. The molecule has 4 aliphatic rings. The lowest BCUT2D eigenvalue weighted by Crippen LogP contribution is -2.25. The molecule has 0 amide bonds. The van der Waals surface area contributed by atoms with Crippen LogP contribution in [-0.2, 0) is 38.5 Å². The second-order valence-corrected chi connectivity index (χ2v) is 36.4. The molecule has 0 aromatic heterocycles. The molecule has 704 valence electrons. The summed E-state index contributed by atoms with van der Waals surface area (Å²) in [6.45, 7) is 38.5. The first-order valence-electron chi connectivity index (χ1n) is 50.8. The van der Waals surface area contributed by atoms with Crippen LogP contribution in [0.2, 0.25) is 0 Å². The van der Waals surface area contributed by atoms with Gasteiger partial charge in [0.2, 0.25) is 0 Å². The van der Waals surface area contributed by atoms with E-state index >= 15 is 0 Å². The van der Waals surface area contributed by atoms with Gasteiger partial charge in [-0.25, -0.2) is 19.2 Å². The largest absolute Gasteiger partial charge is 0.372 e.